The molecule has 1 aromatic carbocycles. The van der Waals surface area contributed by atoms with Gasteiger partial charge in [0.15, 0.2) is 5.96 Å². The quantitative estimate of drug-likeness (QED) is 0.502. The highest BCUT2D eigenvalue weighted by Crippen LogP contribution is 2.31. The molecule has 1 aliphatic rings. The van der Waals surface area contributed by atoms with Gasteiger partial charge in [0.25, 0.3) is 0 Å². The minimum Gasteiger partial charge on any atom is -0.493 e. The van der Waals surface area contributed by atoms with Crippen LogP contribution in [0.2, 0.25) is 0 Å². The van der Waals surface area contributed by atoms with E-state index >= 15 is 0 Å². The molecule has 0 aliphatic carbocycles. The summed E-state index contributed by atoms with van der Waals surface area (Å²) in [6.45, 7) is 6.32. The van der Waals surface area contributed by atoms with Gasteiger partial charge in [-0.2, -0.15) is 5.10 Å². The molecule has 3 N–H and O–H groups in total. The predicted octanol–water partition coefficient (Wildman–Crippen LogP) is 2.32. The van der Waals surface area contributed by atoms with Crippen molar-refractivity contribution < 1.29 is 4.74 Å². The summed E-state index contributed by atoms with van der Waals surface area (Å²) >= 11 is 0. The number of aromatic nitrogens is 2. The first-order valence-electron chi connectivity index (χ1n) is 8.43. The van der Waals surface area contributed by atoms with Crippen molar-refractivity contribution in [1.82, 2.24) is 15.1 Å². The molecule has 6 heteroatoms. The topological polar surface area (TPSA) is 77.5 Å². The van der Waals surface area contributed by atoms with E-state index < -0.39 is 0 Å². The van der Waals surface area contributed by atoms with Crippen molar-refractivity contribution in [3.05, 3.63) is 47.3 Å². The lowest BCUT2D eigenvalue weighted by atomic mass is 10.0. The Labute approximate surface area is 142 Å². The molecular weight excluding hydrogens is 302 g/mol. The molecule has 2 heterocycles. The summed E-state index contributed by atoms with van der Waals surface area (Å²) in [5.41, 5.74) is 9.43. The van der Waals surface area contributed by atoms with Crippen LogP contribution in [0.3, 0.4) is 0 Å². The number of hydrogen-bond acceptors (Lipinski definition) is 3. The molecule has 0 amide bonds. The number of nitrogens with two attached hydrogens (primary N) is 1. The first-order valence-corrected chi connectivity index (χ1v) is 8.43. The van der Waals surface area contributed by atoms with Crippen LogP contribution >= 0.6 is 0 Å². The summed E-state index contributed by atoms with van der Waals surface area (Å²) in [5.74, 6) is 1.42. The van der Waals surface area contributed by atoms with Gasteiger partial charge in [0.05, 0.1) is 18.3 Å². The molecule has 2 aromatic rings. The molecule has 0 fully saturated rings. The van der Waals surface area contributed by atoms with E-state index in [4.69, 9.17) is 10.5 Å². The second-order valence-electron chi connectivity index (χ2n) is 6.14. The molecule has 1 atom stereocenters. The van der Waals surface area contributed by atoms with E-state index in [1.54, 1.807) is 0 Å². The van der Waals surface area contributed by atoms with Crippen molar-refractivity contribution in [2.75, 3.05) is 13.2 Å². The van der Waals surface area contributed by atoms with Crippen LogP contribution in [0.15, 0.2) is 35.3 Å². The van der Waals surface area contributed by atoms with E-state index in [9.17, 15) is 0 Å². The number of para-hydroxylation sites is 1. The minimum absolute atomic E-state index is 0.162. The van der Waals surface area contributed by atoms with E-state index in [2.05, 4.69) is 34.5 Å². The molecule has 6 nitrogen and oxygen atoms in total. The average Bonchev–Trinajstić information content (AvgIpc) is 2.89. The monoisotopic (exact) mass is 327 g/mol. The van der Waals surface area contributed by atoms with Crippen molar-refractivity contribution in [3.8, 4) is 5.75 Å². The van der Waals surface area contributed by atoms with Crippen LogP contribution < -0.4 is 15.8 Å². The number of guanidine groups is 1. The largest absolute Gasteiger partial charge is 0.493 e. The zero-order valence-electron chi connectivity index (χ0n) is 14.3. The number of aliphatic imine (C=N–C) groups is 1. The van der Waals surface area contributed by atoms with Crippen LogP contribution in [0.5, 0.6) is 5.75 Å². The molecule has 0 spiro atoms. The van der Waals surface area contributed by atoms with Crippen LogP contribution in [0.1, 0.15) is 35.8 Å². The number of nitrogens with one attached hydrogen (secondary N) is 1. The zero-order valence-corrected chi connectivity index (χ0v) is 14.3. The normalized spacial score (nSPS) is 17.2. The van der Waals surface area contributed by atoms with Gasteiger partial charge in [0.1, 0.15) is 5.75 Å². The van der Waals surface area contributed by atoms with E-state index in [0.717, 1.165) is 36.4 Å². The summed E-state index contributed by atoms with van der Waals surface area (Å²) in [6.07, 6.45) is 1.80. The van der Waals surface area contributed by atoms with Crippen LogP contribution in [-0.2, 0) is 6.54 Å². The Morgan fingerprint density at radius 1 is 1.42 bits per heavy atom. The summed E-state index contributed by atoms with van der Waals surface area (Å²) in [5, 5.41) is 7.77. The van der Waals surface area contributed by atoms with Crippen LogP contribution in [0.4, 0.5) is 0 Å². The fraction of sp³-hybridized carbons (Fsp3) is 0.444. The smallest absolute Gasteiger partial charge is 0.189 e. The lowest BCUT2D eigenvalue weighted by Crippen LogP contribution is -2.37. The van der Waals surface area contributed by atoms with E-state index in [1.165, 1.54) is 5.69 Å². The number of nitrogens with zero attached hydrogens (tertiary/aromatic N) is 3. The summed E-state index contributed by atoms with van der Waals surface area (Å²) in [6, 6.07) is 10.3. The Morgan fingerprint density at radius 2 is 2.25 bits per heavy atom. The van der Waals surface area contributed by atoms with Gasteiger partial charge in [-0.3, -0.25) is 9.67 Å². The SMILES string of the molecule is Cc1cc(C)n(CCCN=C(N)NC2CCOc3ccccc32)n1. The van der Waals surface area contributed by atoms with E-state index in [-0.39, 0.29) is 6.04 Å². The number of hydrogen-bond donors (Lipinski definition) is 2. The molecule has 0 radical (unpaired) electrons. The molecule has 0 saturated heterocycles. The van der Waals surface area contributed by atoms with Gasteiger partial charge in [0.2, 0.25) is 0 Å². The van der Waals surface area contributed by atoms with Crippen LogP contribution in [-0.4, -0.2) is 28.9 Å². The third-order valence-corrected chi connectivity index (χ3v) is 4.19. The molecule has 1 aromatic heterocycles. The second-order valence-corrected chi connectivity index (χ2v) is 6.14. The number of aryl methyl sites for hydroxylation is 3. The third-order valence-electron chi connectivity index (χ3n) is 4.19. The van der Waals surface area contributed by atoms with E-state index in [1.807, 2.05) is 29.8 Å². The number of ether oxygens (including phenoxy) is 1. The molecule has 128 valence electrons. The molecule has 0 saturated carbocycles. The van der Waals surface area contributed by atoms with Crippen molar-refractivity contribution in [2.24, 2.45) is 10.7 Å². The number of benzene rings is 1. The Kier molecular flexibility index (Phi) is 5.03. The number of fused-ring (bicyclic) bond motifs is 1. The van der Waals surface area contributed by atoms with Gasteiger partial charge in [-0.25, -0.2) is 0 Å². The van der Waals surface area contributed by atoms with Crippen molar-refractivity contribution in [1.29, 1.82) is 0 Å². The van der Waals surface area contributed by atoms with Gasteiger partial charge in [-0.05, 0) is 32.4 Å². The lowest BCUT2D eigenvalue weighted by molar-refractivity contribution is 0.262. The predicted molar refractivity (Wildman–Crippen MR) is 95.2 cm³/mol. The number of rotatable bonds is 5. The third kappa shape index (κ3) is 3.88. The highest BCUT2D eigenvalue weighted by Gasteiger charge is 2.21. The highest BCUT2D eigenvalue weighted by molar-refractivity contribution is 5.78. The average molecular weight is 327 g/mol. The van der Waals surface area contributed by atoms with Crippen molar-refractivity contribution in [3.63, 3.8) is 0 Å². The second kappa shape index (κ2) is 7.38. The van der Waals surface area contributed by atoms with Crippen molar-refractivity contribution >= 4 is 5.96 Å². The minimum atomic E-state index is 0.162. The molecule has 1 aliphatic heterocycles. The molecule has 24 heavy (non-hydrogen) atoms. The van der Waals surface area contributed by atoms with Crippen LogP contribution in [0.25, 0.3) is 0 Å². The van der Waals surface area contributed by atoms with Gasteiger partial charge in [0, 0.05) is 30.8 Å². The van der Waals surface area contributed by atoms with Gasteiger partial charge in [-0.1, -0.05) is 18.2 Å². The molecule has 1 unspecified atom stereocenters. The summed E-state index contributed by atoms with van der Waals surface area (Å²) in [7, 11) is 0. The maximum atomic E-state index is 6.05. The Morgan fingerprint density at radius 3 is 3.04 bits per heavy atom. The molecule has 3 rings (SSSR count). The fourth-order valence-electron chi connectivity index (χ4n) is 3.04. The van der Waals surface area contributed by atoms with Crippen LogP contribution in [0, 0.1) is 13.8 Å². The Hall–Kier alpha value is -2.50. The molecule has 0 bridgehead atoms. The highest BCUT2D eigenvalue weighted by atomic mass is 16.5. The molecular formula is C18H25N5O. The van der Waals surface area contributed by atoms with E-state index in [0.29, 0.717) is 19.1 Å². The Balaban J connectivity index is 1.51. The van der Waals surface area contributed by atoms with Gasteiger partial charge < -0.3 is 15.8 Å². The lowest BCUT2D eigenvalue weighted by Gasteiger charge is -2.26. The first-order chi connectivity index (χ1) is 11.6. The van der Waals surface area contributed by atoms with Gasteiger partial charge >= 0.3 is 0 Å². The fourth-order valence-corrected chi connectivity index (χ4v) is 3.04. The maximum absolute atomic E-state index is 6.05. The zero-order chi connectivity index (χ0) is 16.9. The first kappa shape index (κ1) is 16.4. The Bertz CT molecular complexity index is 722. The standard InChI is InChI=1S/C18H25N5O/c1-13-12-14(2)23(22-13)10-5-9-20-18(19)21-16-8-11-24-17-7-4-3-6-15(16)17/h3-4,6-7,12,16H,5,8-11H2,1-2H3,(H3,19,20,21). The summed E-state index contributed by atoms with van der Waals surface area (Å²) < 4.78 is 7.68. The summed E-state index contributed by atoms with van der Waals surface area (Å²) in [4.78, 5) is 4.44. The van der Waals surface area contributed by atoms with Gasteiger partial charge in [-0.15, -0.1) is 0 Å². The maximum Gasteiger partial charge on any atom is 0.189 e. The van der Waals surface area contributed by atoms with Crippen molar-refractivity contribution in [2.45, 2.75) is 39.3 Å².